The third-order valence-corrected chi connectivity index (χ3v) is 3.93. The fraction of sp³-hybridized carbons (Fsp3) is 0.562. The molecule has 0 aliphatic carbocycles. The molecule has 1 atom stereocenters. The first-order valence-electron chi connectivity index (χ1n) is 7.56. The van der Waals surface area contributed by atoms with Crippen molar-refractivity contribution < 1.29 is 14.3 Å². The maximum absolute atomic E-state index is 12.0. The lowest BCUT2D eigenvalue weighted by Gasteiger charge is -2.21. The molecule has 0 spiro atoms. The zero-order valence-corrected chi connectivity index (χ0v) is 13.9. The number of hydrogen-bond acceptors (Lipinski definition) is 3. The highest BCUT2D eigenvalue weighted by atomic mass is 35.5. The number of likely N-dealkylation sites (N-methyl/N-ethyl adjacent to an activating group) is 1. The third-order valence-electron chi connectivity index (χ3n) is 3.64. The summed E-state index contributed by atoms with van der Waals surface area (Å²) in [5.41, 5.74) is 0.981. The Labute approximate surface area is 136 Å². The number of halogens is 1. The van der Waals surface area contributed by atoms with Crippen molar-refractivity contribution in [2.45, 2.75) is 25.9 Å². The Morgan fingerprint density at radius 3 is 3.05 bits per heavy atom. The van der Waals surface area contributed by atoms with Gasteiger partial charge in [-0.2, -0.15) is 0 Å². The summed E-state index contributed by atoms with van der Waals surface area (Å²) in [6, 6.07) is 5.49. The highest BCUT2D eigenvalue weighted by molar-refractivity contribution is 6.32. The maximum Gasteiger partial charge on any atom is 0.317 e. The highest BCUT2D eigenvalue weighted by Gasteiger charge is 2.19. The second-order valence-corrected chi connectivity index (χ2v) is 5.89. The molecule has 0 unspecified atom stereocenters. The van der Waals surface area contributed by atoms with Crippen LogP contribution in [0.4, 0.5) is 4.79 Å². The zero-order valence-electron chi connectivity index (χ0n) is 13.1. The number of carbonyl (C=O) groups excluding carboxylic acids is 1. The fourth-order valence-electron chi connectivity index (χ4n) is 2.42. The molecule has 2 amide bonds. The van der Waals surface area contributed by atoms with E-state index in [4.69, 9.17) is 21.1 Å². The average Bonchev–Trinajstić information content (AvgIpc) is 2.98. The Balaban J connectivity index is 1.68. The average molecular weight is 327 g/mol. The van der Waals surface area contributed by atoms with Gasteiger partial charge in [-0.05, 0) is 31.4 Å². The number of benzene rings is 1. The lowest BCUT2D eigenvalue weighted by atomic mass is 10.2. The Hall–Kier alpha value is -1.46. The minimum absolute atomic E-state index is 0.116. The molecule has 1 fully saturated rings. The van der Waals surface area contributed by atoms with Crippen molar-refractivity contribution in [3.63, 3.8) is 0 Å². The van der Waals surface area contributed by atoms with Gasteiger partial charge in [0.2, 0.25) is 0 Å². The number of rotatable bonds is 6. The summed E-state index contributed by atoms with van der Waals surface area (Å²) in [6.45, 7) is 4.17. The van der Waals surface area contributed by atoms with Crippen molar-refractivity contribution >= 4 is 17.6 Å². The van der Waals surface area contributed by atoms with Gasteiger partial charge in [-0.25, -0.2) is 4.79 Å². The predicted molar refractivity (Wildman–Crippen MR) is 86.7 cm³/mol. The van der Waals surface area contributed by atoms with Crippen LogP contribution >= 0.6 is 11.6 Å². The van der Waals surface area contributed by atoms with Gasteiger partial charge in [-0.1, -0.05) is 23.7 Å². The number of urea groups is 1. The minimum Gasteiger partial charge on any atom is -0.490 e. The molecule has 1 saturated heterocycles. The van der Waals surface area contributed by atoms with Crippen LogP contribution in [0.2, 0.25) is 5.02 Å². The van der Waals surface area contributed by atoms with E-state index in [1.54, 1.807) is 18.0 Å². The molecular weight excluding hydrogens is 304 g/mol. The number of nitrogens with zero attached hydrogens (tertiary/aromatic N) is 1. The van der Waals surface area contributed by atoms with Crippen LogP contribution in [0.5, 0.6) is 5.75 Å². The molecule has 2 rings (SSSR count). The van der Waals surface area contributed by atoms with Crippen LogP contribution in [0.3, 0.4) is 0 Å². The summed E-state index contributed by atoms with van der Waals surface area (Å²) < 4.78 is 11.2. The summed E-state index contributed by atoms with van der Waals surface area (Å²) in [5.74, 6) is 0.672. The second kappa shape index (κ2) is 8.25. The number of carbonyl (C=O) groups is 1. The second-order valence-electron chi connectivity index (χ2n) is 5.48. The number of aryl methyl sites for hydroxylation is 1. The van der Waals surface area contributed by atoms with Crippen LogP contribution in [-0.2, 0) is 4.74 Å². The van der Waals surface area contributed by atoms with Crippen molar-refractivity contribution in [3.8, 4) is 5.75 Å². The molecule has 122 valence electrons. The van der Waals surface area contributed by atoms with Crippen LogP contribution in [0.25, 0.3) is 0 Å². The standard InChI is InChI=1S/C16H23ClN2O3/c1-12-5-3-7-14(17)15(12)22-10-8-18-16(20)19(2)11-13-6-4-9-21-13/h3,5,7,13H,4,6,8-11H2,1-2H3,(H,18,20)/t13-/m0/s1. The van der Waals surface area contributed by atoms with Gasteiger partial charge in [0.05, 0.1) is 17.7 Å². The van der Waals surface area contributed by atoms with Gasteiger partial charge in [0.1, 0.15) is 12.4 Å². The molecule has 1 aromatic carbocycles. The lowest BCUT2D eigenvalue weighted by molar-refractivity contribution is 0.0873. The monoisotopic (exact) mass is 326 g/mol. The Morgan fingerprint density at radius 1 is 1.55 bits per heavy atom. The van der Waals surface area contributed by atoms with Crippen LogP contribution in [0.15, 0.2) is 18.2 Å². The van der Waals surface area contributed by atoms with Gasteiger partial charge in [-0.15, -0.1) is 0 Å². The van der Waals surface area contributed by atoms with Crippen LogP contribution in [0, 0.1) is 6.92 Å². The molecule has 6 heteroatoms. The van der Waals surface area contributed by atoms with Crippen LogP contribution in [0.1, 0.15) is 18.4 Å². The molecule has 5 nitrogen and oxygen atoms in total. The third kappa shape index (κ3) is 4.78. The van der Waals surface area contributed by atoms with Crippen molar-refractivity contribution in [2.75, 3.05) is 33.4 Å². The first-order valence-corrected chi connectivity index (χ1v) is 7.94. The maximum atomic E-state index is 12.0. The largest absolute Gasteiger partial charge is 0.490 e. The van der Waals surface area contributed by atoms with Gasteiger partial charge >= 0.3 is 6.03 Å². The smallest absolute Gasteiger partial charge is 0.317 e. The number of para-hydroxylation sites is 1. The molecule has 0 radical (unpaired) electrons. The first kappa shape index (κ1) is 16.9. The van der Waals surface area contributed by atoms with E-state index in [0.717, 1.165) is 25.0 Å². The number of amides is 2. The molecule has 1 aromatic rings. The normalized spacial score (nSPS) is 17.3. The van der Waals surface area contributed by atoms with Crippen LogP contribution in [-0.4, -0.2) is 50.4 Å². The van der Waals surface area contributed by atoms with E-state index < -0.39 is 0 Å². The fourth-order valence-corrected chi connectivity index (χ4v) is 2.70. The predicted octanol–water partition coefficient (Wildman–Crippen LogP) is 2.85. The lowest BCUT2D eigenvalue weighted by Crippen LogP contribution is -2.42. The molecule has 1 N–H and O–H groups in total. The molecule has 1 aliphatic heterocycles. The quantitative estimate of drug-likeness (QED) is 0.818. The van der Waals surface area contributed by atoms with E-state index in [0.29, 0.717) is 30.5 Å². The molecule has 0 bridgehead atoms. The van der Waals surface area contributed by atoms with Crippen molar-refractivity contribution in [3.05, 3.63) is 28.8 Å². The highest BCUT2D eigenvalue weighted by Crippen LogP contribution is 2.27. The summed E-state index contributed by atoms with van der Waals surface area (Å²) in [5, 5.41) is 3.41. The summed E-state index contributed by atoms with van der Waals surface area (Å²) in [7, 11) is 1.77. The van der Waals surface area contributed by atoms with Gasteiger partial charge < -0.3 is 19.7 Å². The van der Waals surface area contributed by atoms with Crippen molar-refractivity contribution in [1.82, 2.24) is 10.2 Å². The topological polar surface area (TPSA) is 50.8 Å². The van der Waals surface area contributed by atoms with E-state index in [-0.39, 0.29) is 12.1 Å². The molecule has 1 heterocycles. The number of hydrogen-bond donors (Lipinski definition) is 1. The summed E-state index contributed by atoms with van der Waals surface area (Å²) in [4.78, 5) is 13.6. The SMILES string of the molecule is Cc1cccc(Cl)c1OCCNC(=O)N(C)C[C@@H]1CCCO1. The summed E-state index contributed by atoms with van der Waals surface area (Å²) >= 11 is 6.08. The Morgan fingerprint density at radius 2 is 2.36 bits per heavy atom. The van der Waals surface area contributed by atoms with Gasteiger partial charge in [0.25, 0.3) is 0 Å². The molecule has 0 aromatic heterocycles. The van der Waals surface area contributed by atoms with Gasteiger partial charge in [-0.3, -0.25) is 0 Å². The van der Waals surface area contributed by atoms with Crippen LogP contribution < -0.4 is 10.1 Å². The minimum atomic E-state index is -0.116. The molecule has 22 heavy (non-hydrogen) atoms. The van der Waals surface area contributed by atoms with Gasteiger partial charge in [0.15, 0.2) is 0 Å². The first-order chi connectivity index (χ1) is 10.6. The van der Waals surface area contributed by atoms with E-state index in [9.17, 15) is 4.79 Å². The van der Waals surface area contributed by atoms with E-state index in [1.165, 1.54) is 0 Å². The van der Waals surface area contributed by atoms with E-state index >= 15 is 0 Å². The number of nitrogens with one attached hydrogen (secondary N) is 1. The number of ether oxygens (including phenoxy) is 2. The Bertz CT molecular complexity index is 484. The van der Waals surface area contributed by atoms with Crippen molar-refractivity contribution in [1.29, 1.82) is 0 Å². The van der Waals surface area contributed by atoms with Crippen molar-refractivity contribution in [2.24, 2.45) is 0 Å². The zero-order chi connectivity index (χ0) is 15.9. The van der Waals surface area contributed by atoms with Gasteiger partial charge in [0, 0.05) is 20.2 Å². The molecule has 0 saturated carbocycles. The Kier molecular flexibility index (Phi) is 6.34. The van der Waals surface area contributed by atoms with E-state index in [1.807, 2.05) is 19.1 Å². The van der Waals surface area contributed by atoms with E-state index in [2.05, 4.69) is 5.32 Å². The molecular formula is C16H23ClN2O3. The molecule has 1 aliphatic rings. The summed E-state index contributed by atoms with van der Waals surface area (Å²) in [6.07, 6.45) is 2.26.